The molecule has 0 aliphatic heterocycles. The van der Waals surface area contributed by atoms with E-state index in [0.29, 0.717) is 0 Å². The van der Waals surface area contributed by atoms with Crippen LogP contribution in [0.15, 0.2) is 12.7 Å². The second kappa shape index (κ2) is 11.6. The fraction of sp³-hybridized carbons (Fsp3) is 0.667. The Hall–Kier alpha value is 0.530. The number of rotatable bonds is 4. The van der Waals surface area contributed by atoms with Crippen LogP contribution in [-0.4, -0.2) is 53.4 Å². The molecular weight excluding hydrogens is 223 g/mol. The monoisotopic (exact) mass is 236 g/mol. The number of hydrogen-bond donors (Lipinski definition) is 3. The Morgan fingerprint density at radius 1 is 1.43 bits per heavy atom. The van der Waals surface area contributed by atoms with Crippen LogP contribution in [0.4, 0.5) is 0 Å². The average Bonchev–Trinajstić information content (AvgIpc) is 2.02. The van der Waals surface area contributed by atoms with Gasteiger partial charge in [-0.2, -0.15) is 0 Å². The van der Waals surface area contributed by atoms with E-state index >= 15 is 0 Å². The van der Waals surface area contributed by atoms with Crippen LogP contribution in [0.1, 0.15) is 0 Å². The Morgan fingerprint density at radius 3 is 1.86 bits per heavy atom. The molecule has 1 atom stereocenters. The Bertz CT molecular complexity index is 214. The van der Waals surface area contributed by atoms with Gasteiger partial charge < -0.3 is 19.9 Å². The normalized spacial score (nSPS) is 11.7. The average molecular weight is 236 g/mol. The van der Waals surface area contributed by atoms with Gasteiger partial charge in [0.15, 0.2) is 0 Å². The van der Waals surface area contributed by atoms with Crippen molar-refractivity contribution >= 4 is 10.1 Å². The molecule has 0 bridgehead atoms. The SMILES string of the molecule is C=CCO.O=S(=O)([O-])CC(O)CO.[Na+]. The summed E-state index contributed by atoms with van der Waals surface area (Å²) in [4.78, 5) is 0. The fourth-order valence-electron chi connectivity index (χ4n) is 0.288. The third-order valence-corrected chi connectivity index (χ3v) is 1.53. The summed E-state index contributed by atoms with van der Waals surface area (Å²) in [6.45, 7) is 2.61. The molecule has 0 aliphatic carbocycles. The van der Waals surface area contributed by atoms with Crippen LogP contribution in [0.25, 0.3) is 0 Å². The zero-order valence-electron chi connectivity index (χ0n) is 7.96. The quantitative estimate of drug-likeness (QED) is 0.256. The Labute approximate surface area is 105 Å². The van der Waals surface area contributed by atoms with Crippen molar-refractivity contribution < 1.29 is 57.8 Å². The zero-order chi connectivity index (χ0) is 10.9. The van der Waals surface area contributed by atoms with Gasteiger partial charge in [-0.25, -0.2) is 8.42 Å². The van der Waals surface area contributed by atoms with Crippen LogP contribution in [0.2, 0.25) is 0 Å². The van der Waals surface area contributed by atoms with Crippen molar-refractivity contribution in [3.8, 4) is 0 Å². The van der Waals surface area contributed by atoms with E-state index in [2.05, 4.69) is 6.58 Å². The summed E-state index contributed by atoms with van der Waals surface area (Å²) >= 11 is 0. The molecule has 1 unspecified atom stereocenters. The molecule has 0 radical (unpaired) electrons. The first-order chi connectivity index (χ1) is 5.87. The van der Waals surface area contributed by atoms with Crippen LogP contribution in [0, 0.1) is 0 Å². The maximum Gasteiger partial charge on any atom is 1.00 e. The smallest absolute Gasteiger partial charge is 0.748 e. The summed E-state index contributed by atoms with van der Waals surface area (Å²) in [5.41, 5.74) is 0. The Balaban J connectivity index is -0.000000209. The first kappa shape index (κ1) is 20.0. The number of aliphatic hydroxyl groups excluding tert-OH is 3. The first-order valence-corrected chi connectivity index (χ1v) is 4.89. The molecule has 3 N–H and O–H groups in total. The van der Waals surface area contributed by atoms with E-state index in [1.807, 2.05) is 0 Å². The molecule has 0 saturated carbocycles. The third-order valence-electron chi connectivity index (χ3n) is 0.736. The topological polar surface area (TPSA) is 118 Å². The van der Waals surface area contributed by atoms with Crippen molar-refractivity contribution in [1.82, 2.24) is 0 Å². The van der Waals surface area contributed by atoms with Gasteiger partial charge in [0.2, 0.25) is 0 Å². The maximum absolute atomic E-state index is 9.77. The summed E-state index contributed by atoms with van der Waals surface area (Å²) < 4.78 is 29.3. The zero-order valence-corrected chi connectivity index (χ0v) is 10.8. The Kier molecular flexibility index (Phi) is 16.6. The van der Waals surface area contributed by atoms with E-state index < -0.39 is 28.6 Å². The molecule has 0 rings (SSSR count). The van der Waals surface area contributed by atoms with E-state index in [-0.39, 0.29) is 36.2 Å². The van der Waals surface area contributed by atoms with Crippen LogP contribution in [-0.2, 0) is 10.1 Å². The van der Waals surface area contributed by atoms with Gasteiger partial charge in [-0.15, -0.1) is 6.58 Å². The second-order valence-corrected chi connectivity index (χ2v) is 3.48. The molecule has 0 saturated heterocycles. The number of hydrogen-bond acceptors (Lipinski definition) is 6. The Morgan fingerprint density at radius 2 is 1.79 bits per heavy atom. The summed E-state index contributed by atoms with van der Waals surface area (Å²) in [6, 6.07) is 0. The molecule has 80 valence electrons. The van der Waals surface area contributed by atoms with E-state index in [1.165, 1.54) is 6.08 Å². The summed E-state index contributed by atoms with van der Waals surface area (Å²) in [6.07, 6.45) is -0.0208. The van der Waals surface area contributed by atoms with E-state index in [9.17, 15) is 13.0 Å². The van der Waals surface area contributed by atoms with Gasteiger partial charge in [-0.05, 0) is 0 Å². The van der Waals surface area contributed by atoms with Crippen molar-refractivity contribution in [3.63, 3.8) is 0 Å². The molecule has 0 aromatic heterocycles. The predicted octanol–water partition coefficient (Wildman–Crippen LogP) is -4.95. The standard InChI is InChI=1S/C3H8O5S.C3H6O.Na/c4-1-3(5)2-9(6,7)8;1-2-3-4;/h3-5H,1-2H2,(H,6,7,8);2,4H,1,3H2;/q;;+1/p-1. The largest absolute Gasteiger partial charge is 1.00 e. The van der Waals surface area contributed by atoms with Crippen molar-refractivity contribution in [3.05, 3.63) is 12.7 Å². The molecule has 0 fully saturated rings. The van der Waals surface area contributed by atoms with Crippen LogP contribution in [0.5, 0.6) is 0 Å². The number of aliphatic hydroxyl groups is 3. The van der Waals surface area contributed by atoms with Crippen LogP contribution < -0.4 is 29.6 Å². The molecule has 6 nitrogen and oxygen atoms in total. The molecule has 0 heterocycles. The molecule has 14 heavy (non-hydrogen) atoms. The minimum atomic E-state index is -4.40. The maximum atomic E-state index is 9.77. The second-order valence-electron chi connectivity index (χ2n) is 2.03. The van der Waals surface area contributed by atoms with Gasteiger partial charge in [0, 0.05) is 0 Å². The van der Waals surface area contributed by atoms with Gasteiger partial charge in [0.05, 0.1) is 35.2 Å². The molecular formula is C6H13NaO6S. The van der Waals surface area contributed by atoms with Crippen LogP contribution >= 0.6 is 0 Å². The molecule has 0 aromatic rings. The van der Waals surface area contributed by atoms with E-state index in [0.717, 1.165) is 0 Å². The van der Waals surface area contributed by atoms with Gasteiger partial charge in [0.25, 0.3) is 0 Å². The van der Waals surface area contributed by atoms with E-state index in [1.54, 1.807) is 0 Å². The van der Waals surface area contributed by atoms with Gasteiger partial charge in [-0.3, -0.25) is 0 Å². The summed E-state index contributed by atoms with van der Waals surface area (Å²) in [5, 5.41) is 24.2. The van der Waals surface area contributed by atoms with Gasteiger partial charge in [-0.1, -0.05) is 6.08 Å². The molecule has 0 aliphatic rings. The van der Waals surface area contributed by atoms with Crippen molar-refractivity contribution in [2.45, 2.75) is 6.10 Å². The van der Waals surface area contributed by atoms with Crippen molar-refractivity contribution in [2.24, 2.45) is 0 Å². The summed E-state index contributed by atoms with van der Waals surface area (Å²) in [7, 11) is -4.40. The fourth-order valence-corrected chi connectivity index (χ4v) is 0.865. The molecule has 0 aromatic carbocycles. The molecule has 0 amide bonds. The van der Waals surface area contributed by atoms with E-state index in [4.69, 9.17) is 15.3 Å². The molecule has 0 spiro atoms. The molecule has 8 heteroatoms. The predicted molar refractivity (Wildman–Crippen MR) is 44.9 cm³/mol. The summed E-state index contributed by atoms with van der Waals surface area (Å²) in [5.74, 6) is -0.927. The van der Waals surface area contributed by atoms with Crippen molar-refractivity contribution in [2.75, 3.05) is 19.0 Å². The van der Waals surface area contributed by atoms with Crippen LogP contribution in [0.3, 0.4) is 0 Å². The first-order valence-electron chi connectivity index (χ1n) is 3.31. The minimum absolute atomic E-state index is 0. The third kappa shape index (κ3) is 22.9. The van der Waals surface area contributed by atoms with Gasteiger partial charge in [0.1, 0.15) is 0 Å². The van der Waals surface area contributed by atoms with Crippen molar-refractivity contribution in [1.29, 1.82) is 0 Å². The van der Waals surface area contributed by atoms with Gasteiger partial charge >= 0.3 is 29.6 Å². The minimum Gasteiger partial charge on any atom is -0.748 e.